The van der Waals surface area contributed by atoms with Crippen molar-refractivity contribution in [1.29, 1.82) is 0 Å². The SMILES string of the molecule is C=CCN(CCC)C(=O)[C@H]1[C@H]2C(=O)N([C@H](C)CO)C(C(=O)N(CC=C)c3ccccc3Cl)C23CC[C@]1(CC)O3. The topological polar surface area (TPSA) is 90.4 Å². The van der Waals surface area contributed by atoms with Gasteiger partial charge in [0.25, 0.3) is 5.91 Å². The van der Waals surface area contributed by atoms with Crippen molar-refractivity contribution >= 4 is 35.0 Å². The third-order valence-electron chi connectivity index (χ3n) is 8.73. The maximum atomic E-state index is 14.6. The number of hydrogen-bond donors (Lipinski definition) is 1. The molecule has 1 aromatic carbocycles. The fraction of sp³-hybridized carbons (Fsp3) is 0.567. The molecule has 0 radical (unpaired) electrons. The summed E-state index contributed by atoms with van der Waals surface area (Å²) in [5.41, 5.74) is -1.54. The number of para-hydroxylation sites is 1. The Bertz CT molecular complexity index is 1140. The summed E-state index contributed by atoms with van der Waals surface area (Å²) in [5.74, 6) is -2.39. The van der Waals surface area contributed by atoms with Gasteiger partial charge in [0.05, 0.1) is 40.8 Å². The minimum atomic E-state index is -1.19. The van der Waals surface area contributed by atoms with Crippen molar-refractivity contribution in [2.45, 2.75) is 69.7 Å². The molecule has 4 rings (SSSR count). The summed E-state index contributed by atoms with van der Waals surface area (Å²) in [7, 11) is 0. The third-order valence-corrected chi connectivity index (χ3v) is 9.05. The smallest absolute Gasteiger partial charge is 0.253 e. The van der Waals surface area contributed by atoms with Crippen molar-refractivity contribution in [3.05, 3.63) is 54.6 Å². The second kappa shape index (κ2) is 11.4. The minimum absolute atomic E-state index is 0.141. The lowest BCUT2D eigenvalue weighted by Crippen LogP contribution is -2.58. The van der Waals surface area contributed by atoms with Crippen LogP contribution in [0.4, 0.5) is 5.69 Å². The first-order valence-corrected chi connectivity index (χ1v) is 14.2. The maximum absolute atomic E-state index is 14.6. The third kappa shape index (κ3) is 4.50. The quantitative estimate of drug-likeness (QED) is 0.395. The van der Waals surface area contributed by atoms with Gasteiger partial charge in [-0.3, -0.25) is 14.4 Å². The van der Waals surface area contributed by atoms with Crippen LogP contribution in [0.5, 0.6) is 0 Å². The number of nitrogens with zero attached hydrogens (tertiary/aromatic N) is 3. The molecule has 6 atom stereocenters. The van der Waals surface area contributed by atoms with Gasteiger partial charge >= 0.3 is 0 Å². The fourth-order valence-electron chi connectivity index (χ4n) is 7.04. The monoisotopic (exact) mass is 557 g/mol. The number of amides is 3. The number of rotatable bonds is 12. The zero-order valence-electron chi connectivity index (χ0n) is 23.1. The van der Waals surface area contributed by atoms with E-state index in [0.29, 0.717) is 43.1 Å². The highest BCUT2D eigenvalue weighted by Crippen LogP contribution is 2.65. The number of aliphatic hydroxyl groups excluding tert-OH is 1. The Kier molecular flexibility index (Phi) is 8.59. The number of aliphatic hydroxyl groups is 1. The van der Waals surface area contributed by atoms with Crippen LogP contribution < -0.4 is 4.90 Å². The van der Waals surface area contributed by atoms with Crippen molar-refractivity contribution in [1.82, 2.24) is 9.80 Å². The number of halogens is 1. The van der Waals surface area contributed by atoms with Crippen LogP contribution in [0.2, 0.25) is 5.02 Å². The largest absolute Gasteiger partial charge is 0.394 e. The highest BCUT2D eigenvalue weighted by Gasteiger charge is 2.79. The second-order valence-electron chi connectivity index (χ2n) is 10.9. The highest BCUT2D eigenvalue weighted by atomic mass is 35.5. The molecular formula is C30H40ClN3O5. The van der Waals surface area contributed by atoms with Crippen LogP contribution in [0, 0.1) is 11.8 Å². The number of ether oxygens (including phenoxy) is 1. The summed E-state index contributed by atoms with van der Waals surface area (Å²) in [5, 5.41) is 10.6. The van der Waals surface area contributed by atoms with Gasteiger partial charge in [0.2, 0.25) is 11.8 Å². The number of carbonyl (C=O) groups excluding carboxylic acids is 3. The number of hydrogen-bond acceptors (Lipinski definition) is 5. The van der Waals surface area contributed by atoms with E-state index in [2.05, 4.69) is 13.2 Å². The molecular weight excluding hydrogens is 518 g/mol. The Morgan fingerprint density at radius 3 is 2.49 bits per heavy atom. The van der Waals surface area contributed by atoms with E-state index in [1.165, 1.54) is 9.80 Å². The van der Waals surface area contributed by atoms with E-state index in [1.54, 1.807) is 48.2 Å². The average molecular weight is 558 g/mol. The standard InChI is InChI=1S/C30H40ClN3O5/c1-6-16-32(17-7-2)26(36)23-24-27(37)34(20(5)19-35)25(30(24)15-14-29(23,9-4)39-30)28(38)33(18-8-3)22-13-11-10-12-21(22)31/h6,8,10-13,20,23-25,35H,1,3,7,9,14-19H2,2,4-5H3/t20-,23-,24+,25?,29+,30?/m1/s1. The Balaban J connectivity index is 1.86. The molecule has 0 aliphatic carbocycles. The van der Waals surface area contributed by atoms with Crippen molar-refractivity contribution in [3.8, 4) is 0 Å². The van der Waals surface area contributed by atoms with Gasteiger partial charge in [-0.05, 0) is 44.7 Å². The molecule has 3 heterocycles. The summed E-state index contributed by atoms with van der Waals surface area (Å²) >= 11 is 6.51. The first-order valence-electron chi connectivity index (χ1n) is 13.9. The molecule has 3 aliphatic heterocycles. The second-order valence-corrected chi connectivity index (χ2v) is 11.3. The van der Waals surface area contributed by atoms with E-state index >= 15 is 0 Å². The maximum Gasteiger partial charge on any atom is 0.253 e. The molecule has 2 bridgehead atoms. The summed E-state index contributed by atoms with van der Waals surface area (Å²) < 4.78 is 6.86. The predicted molar refractivity (Wildman–Crippen MR) is 151 cm³/mol. The van der Waals surface area contributed by atoms with Crippen LogP contribution in [-0.2, 0) is 19.1 Å². The lowest BCUT2D eigenvalue weighted by atomic mass is 9.64. The van der Waals surface area contributed by atoms with Gasteiger partial charge in [0.15, 0.2) is 0 Å². The van der Waals surface area contributed by atoms with Crippen molar-refractivity contribution in [2.24, 2.45) is 11.8 Å². The van der Waals surface area contributed by atoms with Crippen LogP contribution in [0.1, 0.15) is 46.5 Å². The van der Waals surface area contributed by atoms with Crippen molar-refractivity contribution < 1.29 is 24.2 Å². The predicted octanol–water partition coefficient (Wildman–Crippen LogP) is 3.82. The molecule has 3 fully saturated rings. The first kappa shape index (κ1) is 29.3. The molecule has 2 unspecified atom stereocenters. The van der Waals surface area contributed by atoms with E-state index < -0.39 is 35.1 Å². The Hall–Kier alpha value is -2.68. The molecule has 1 aromatic rings. The van der Waals surface area contributed by atoms with Crippen LogP contribution in [0.25, 0.3) is 0 Å². The molecule has 212 valence electrons. The van der Waals surface area contributed by atoms with Gasteiger partial charge in [0, 0.05) is 19.6 Å². The van der Waals surface area contributed by atoms with Gasteiger partial charge in [-0.1, -0.05) is 49.7 Å². The Labute approximate surface area is 236 Å². The van der Waals surface area contributed by atoms with E-state index in [4.69, 9.17) is 16.3 Å². The van der Waals surface area contributed by atoms with Crippen LogP contribution in [0.3, 0.4) is 0 Å². The van der Waals surface area contributed by atoms with Gasteiger partial charge in [-0.15, -0.1) is 13.2 Å². The summed E-state index contributed by atoms with van der Waals surface area (Å²) in [6, 6.07) is 5.35. The van der Waals surface area contributed by atoms with E-state index in [1.807, 2.05) is 13.8 Å². The number of benzene rings is 1. The van der Waals surface area contributed by atoms with Gasteiger partial charge < -0.3 is 24.5 Å². The molecule has 0 saturated carbocycles. The first-order chi connectivity index (χ1) is 18.7. The Morgan fingerprint density at radius 2 is 1.90 bits per heavy atom. The zero-order valence-corrected chi connectivity index (χ0v) is 23.9. The molecule has 0 aromatic heterocycles. The average Bonchev–Trinajstić information content (AvgIpc) is 3.54. The molecule has 8 nitrogen and oxygen atoms in total. The minimum Gasteiger partial charge on any atom is -0.394 e. The lowest BCUT2D eigenvalue weighted by Gasteiger charge is -2.39. The van der Waals surface area contributed by atoms with Crippen molar-refractivity contribution in [2.75, 3.05) is 31.1 Å². The van der Waals surface area contributed by atoms with Crippen LogP contribution >= 0.6 is 11.6 Å². The van der Waals surface area contributed by atoms with Gasteiger partial charge in [-0.25, -0.2) is 0 Å². The molecule has 3 saturated heterocycles. The number of anilines is 1. The fourth-order valence-corrected chi connectivity index (χ4v) is 7.28. The van der Waals surface area contributed by atoms with Crippen LogP contribution in [-0.4, -0.2) is 82.2 Å². The van der Waals surface area contributed by atoms with E-state index in [0.717, 1.165) is 6.42 Å². The highest BCUT2D eigenvalue weighted by molar-refractivity contribution is 6.34. The number of carbonyl (C=O) groups is 3. The molecule has 39 heavy (non-hydrogen) atoms. The summed E-state index contributed by atoms with van der Waals surface area (Å²) in [6.07, 6.45) is 5.63. The zero-order chi connectivity index (χ0) is 28.5. The summed E-state index contributed by atoms with van der Waals surface area (Å²) in [6.45, 7) is 14.1. The van der Waals surface area contributed by atoms with E-state index in [-0.39, 0.29) is 30.9 Å². The van der Waals surface area contributed by atoms with Crippen LogP contribution in [0.15, 0.2) is 49.6 Å². The molecule has 1 N–H and O–H groups in total. The van der Waals surface area contributed by atoms with Gasteiger partial charge in [0.1, 0.15) is 11.6 Å². The molecule has 9 heteroatoms. The van der Waals surface area contributed by atoms with Gasteiger partial charge in [-0.2, -0.15) is 0 Å². The Morgan fingerprint density at radius 1 is 1.21 bits per heavy atom. The summed E-state index contributed by atoms with van der Waals surface area (Å²) in [4.78, 5) is 47.7. The normalized spacial score (nSPS) is 29.7. The number of fused-ring (bicyclic) bond motifs is 1. The van der Waals surface area contributed by atoms with Crippen molar-refractivity contribution in [3.63, 3.8) is 0 Å². The number of likely N-dealkylation sites (tertiary alicyclic amines) is 1. The lowest BCUT2D eigenvalue weighted by molar-refractivity contribution is -0.153. The van der Waals surface area contributed by atoms with E-state index in [9.17, 15) is 19.5 Å². The molecule has 1 spiro atoms. The molecule has 3 amide bonds. The molecule has 3 aliphatic rings.